The van der Waals surface area contributed by atoms with Gasteiger partial charge in [-0.2, -0.15) is 0 Å². The van der Waals surface area contributed by atoms with E-state index < -0.39 is 5.54 Å². The maximum Gasteiger partial charge on any atom is 0.161 e. The van der Waals surface area contributed by atoms with Crippen LogP contribution in [-0.4, -0.2) is 43.2 Å². The molecule has 0 bridgehead atoms. The second-order valence-electron chi connectivity index (χ2n) is 4.86. The zero-order chi connectivity index (χ0) is 14.5. The highest BCUT2D eigenvalue weighted by atomic mass is 16.5. The zero-order valence-corrected chi connectivity index (χ0v) is 11.9. The molecule has 19 heavy (non-hydrogen) atoms. The van der Waals surface area contributed by atoms with Crippen LogP contribution >= 0.6 is 0 Å². The predicted molar refractivity (Wildman–Crippen MR) is 73.7 cm³/mol. The molecule has 0 radical (unpaired) electrons. The molecule has 1 unspecified atom stereocenters. The van der Waals surface area contributed by atoms with E-state index in [1.165, 1.54) is 0 Å². The lowest BCUT2D eigenvalue weighted by molar-refractivity contribution is 0.0957. The molecule has 3 N–H and O–H groups in total. The van der Waals surface area contributed by atoms with E-state index in [2.05, 4.69) is 5.32 Å². The van der Waals surface area contributed by atoms with Crippen molar-refractivity contribution in [3.8, 4) is 11.5 Å². The Morgan fingerprint density at radius 3 is 2.21 bits per heavy atom. The number of rotatable bonds is 7. The summed E-state index contributed by atoms with van der Waals surface area (Å²) < 4.78 is 10.4. The second kappa shape index (κ2) is 6.75. The minimum absolute atomic E-state index is 0.0379. The van der Waals surface area contributed by atoms with E-state index in [1.54, 1.807) is 21.1 Å². The van der Waals surface area contributed by atoms with Gasteiger partial charge in [0.2, 0.25) is 0 Å². The van der Waals surface area contributed by atoms with Crippen LogP contribution in [0.3, 0.4) is 0 Å². The number of hydrogen-bond donors (Lipinski definition) is 3. The number of nitrogens with one attached hydrogen (secondary N) is 1. The van der Waals surface area contributed by atoms with Crippen LogP contribution in [0, 0.1) is 0 Å². The standard InChI is InChI=1S/C14H23NO4/c1-10(15-14(2,8-16)9-17)11-5-6-12(18-3)13(7-11)19-4/h5-7,10,15-17H,8-9H2,1-4H3. The SMILES string of the molecule is COc1ccc(C(C)NC(C)(CO)CO)cc1OC. The molecule has 0 saturated carbocycles. The van der Waals surface area contributed by atoms with Crippen molar-refractivity contribution in [2.45, 2.75) is 25.4 Å². The van der Waals surface area contributed by atoms with E-state index in [-0.39, 0.29) is 19.3 Å². The molecule has 0 saturated heterocycles. The van der Waals surface area contributed by atoms with Gasteiger partial charge in [0.1, 0.15) is 0 Å². The van der Waals surface area contributed by atoms with E-state index in [1.807, 2.05) is 25.1 Å². The minimum Gasteiger partial charge on any atom is -0.493 e. The topological polar surface area (TPSA) is 71.0 Å². The lowest BCUT2D eigenvalue weighted by Crippen LogP contribution is -2.49. The van der Waals surface area contributed by atoms with Crippen LogP contribution in [0.5, 0.6) is 11.5 Å². The van der Waals surface area contributed by atoms with E-state index in [0.29, 0.717) is 11.5 Å². The Morgan fingerprint density at radius 1 is 1.16 bits per heavy atom. The molecule has 1 aromatic carbocycles. The highest BCUT2D eigenvalue weighted by Crippen LogP contribution is 2.30. The third-order valence-corrected chi connectivity index (χ3v) is 3.17. The van der Waals surface area contributed by atoms with Gasteiger partial charge in [0.05, 0.1) is 33.0 Å². The van der Waals surface area contributed by atoms with Crippen molar-refractivity contribution < 1.29 is 19.7 Å². The van der Waals surface area contributed by atoms with Crippen molar-refractivity contribution in [1.82, 2.24) is 5.32 Å². The molecule has 0 spiro atoms. The first kappa shape index (κ1) is 15.8. The molecule has 1 atom stereocenters. The molecule has 1 rings (SSSR count). The molecule has 0 aliphatic heterocycles. The van der Waals surface area contributed by atoms with E-state index in [4.69, 9.17) is 9.47 Å². The van der Waals surface area contributed by atoms with Crippen molar-refractivity contribution in [3.63, 3.8) is 0 Å². The molecule has 5 nitrogen and oxygen atoms in total. The van der Waals surface area contributed by atoms with Crippen molar-refractivity contribution in [2.75, 3.05) is 27.4 Å². The third-order valence-electron chi connectivity index (χ3n) is 3.17. The van der Waals surface area contributed by atoms with Gasteiger partial charge in [0, 0.05) is 6.04 Å². The summed E-state index contributed by atoms with van der Waals surface area (Å²) in [6, 6.07) is 5.60. The molecule has 0 aliphatic carbocycles. The van der Waals surface area contributed by atoms with Crippen LogP contribution in [0.4, 0.5) is 0 Å². The number of hydrogen-bond acceptors (Lipinski definition) is 5. The second-order valence-corrected chi connectivity index (χ2v) is 4.86. The van der Waals surface area contributed by atoms with Crippen LogP contribution in [0.15, 0.2) is 18.2 Å². The molecular weight excluding hydrogens is 246 g/mol. The number of ether oxygens (including phenoxy) is 2. The van der Waals surface area contributed by atoms with Crippen molar-refractivity contribution in [3.05, 3.63) is 23.8 Å². The fourth-order valence-corrected chi connectivity index (χ4v) is 1.87. The van der Waals surface area contributed by atoms with Gasteiger partial charge in [0.25, 0.3) is 0 Å². The quantitative estimate of drug-likeness (QED) is 0.691. The molecule has 0 aliphatic rings. The van der Waals surface area contributed by atoms with Crippen LogP contribution < -0.4 is 14.8 Å². The molecule has 1 aromatic rings. The number of benzene rings is 1. The fourth-order valence-electron chi connectivity index (χ4n) is 1.87. The average Bonchev–Trinajstić information content (AvgIpc) is 2.46. The van der Waals surface area contributed by atoms with Gasteiger partial charge < -0.3 is 25.0 Å². The highest BCUT2D eigenvalue weighted by Gasteiger charge is 2.25. The summed E-state index contributed by atoms with van der Waals surface area (Å²) in [4.78, 5) is 0. The fraction of sp³-hybridized carbons (Fsp3) is 0.571. The normalized spacial score (nSPS) is 13.2. The van der Waals surface area contributed by atoms with E-state index in [0.717, 1.165) is 5.56 Å². The smallest absolute Gasteiger partial charge is 0.161 e. The molecule has 0 amide bonds. The van der Waals surface area contributed by atoms with Gasteiger partial charge >= 0.3 is 0 Å². The molecular formula is C14H23NO4. The number of methoxy groups -OCH3 is 2. The van der Waals surface area contributed by atoms with Crippen molar-refractivity contribution >= 4 is 0 Å². The Labute approximate surface area is 114 Å². The van der Waals surface area contributed by atoms with Crippen LogP contribution in [0.25, 0.3) is 0 Å². The Morgan fingerprint density at radius 2 is 1.74 bits per heavy atom. The Hall–Kier alpha value is -1.30. The summed E-state index contributed by atoms with van der Waals surface area (Å²) in [6.45, 7) is 3.46. The molecule has 0 heterocycles. The van der Waals surface area contributed by atoms with E-state index >= 15 is 0 Å². The van der Waals surface area contributed by atoms with Gasteiger partial charge in [0.15, 0.2) is 11.5 Å². The number of aliphatic hydroxyl groups excluding tert-OH is 2. The summed E-state index contributed by atoms with van der Waals surface area (Å²) in [5.74, 6) is 1.33. The van der Waals surface area contributed by atoms with Gasteiger partial charge in [-0.05, 0) is 31.5 Å². The summed E-state index contributed by atoms with van der Waals surface area (Å²) in [5.41, 5.74) is 0.276. The van der Waals surface area contributed by atoms with Crippen LogP contribution in [0.2, 0.25) is 0 Å². The molecule has 108 valence electrons. The van der Waals surface area contributed by atoms with Gasteiger partial charge in [-0.15, -0.1) is 0 Å². The summed E-state index contributed by atoms with van der Waals surface area (Å²) in [7, 11) is 3.18. The van der Waals surface area contributed by atoms with E-state index in [9.17, 15) is 10.2 Å². The minimum atomic E-state index is -0.716. The van der Waals surface area contributed by atoms with Gasteiger partial charge in [-0.3, -0.25) is 0 Å². The Kier molecular flexibility index (Phi) is 5.60. The number of aliphatic hydroxyl groups is 2. The van der Waals surface area contributed by atoms with Crippen LogP contribution in [0.1, 0.15) is 25.5 Å². The summed E-state index contributed by atoms with van der Waals surface area (Å²) >= 11 is 0. The zero-order valence-electron chi connectivity index (χ0n) is 11.9. The first-order valence-corrected chi connectivity index (χ1v) is 6.21. The molecule has 0 aromatic heterocycles. The monoisotopic (exact) mass is 269 g/mol. The van der Waals surface area contributed by atoms with Crippen LogP contribution in [-0.2, 0) is 0 Å². The lowest BCUT2D eigenvalue weighted by atomic mass is 10.0. The first-order valence-electron chi connectivity index (χ1n) is 6.21. The summed E-state index contributed by atoms with van der Waals surface area (Å²) in [5, 5.41) is 21.8. The van der Waals surface area contributed by atoms with Gasteiger partial charge in [-0.25, -0.2) is 0 Å². The maximum atomic E-state index is 9.30. The van der Waals surface area contributed by atoms with Crippen molar-refractivity contribution in [1.29, 1.82) is 0 Å². The first-order chi connectivity index (χ1) is 8.99. The molecule has 5 heteroatoms. The summed E-state index contributed by atoms with van der Waals surface area (Å²) in [6.07, 6.45) is 0. The Balaban J connectivity index is 2.91. The lowest BCUT2D eigenvalue weighted by Gasteiger charge is -2.30. The van der Waals surface area contributed by atoms with Crippen molar-refractivity contribution in [2.24, 2.45) is 0 Å². The third kappa shape index (κ3) is 3.83. The van der Waals surface area contributed by atoms with Gasteiger partial charge in [-0.1, -0.05) is 6.07 Å². The highest BCUT2D eigenvalue weighted by molar-refractivity contribution is 5.43. The average molecular weight is 269 g/mol. The predicted octanol–water partition coefficient (Wildman–Crippen LogP) is 1.10. The maximum absolute atomic E-state index is 9.30. The largest absolute Gasteiger partial charge is 0.493 e. The Bertz CT molecular complexity index is 404. The molecule has 0 fully saturated rings.